The van der Waals surface area contributed by atoms with E-state index in [0.717, 1.165) is 19.4 Å². The van der Waals surface area contributed by atoms with Crippen LogP contribution in [0.15, 0.2) is 0 Å². The summed E-state index contributed by atoms with van der Waals surface area (Å²) in [5.41, 5.74) is 0. The zero-order valence-electron chi connectivity index (χ0n) is 11.7. The van der Waals surface area contributed by atoms with E-state index in [-0.39, 0.29) is 5.91 Å². The highest BCUT2D eigenvalue weighted by atomic mass is 16.2. The van der Waals surface area contributed by atoms with Gasteiger partial charge in [0.2, 0.25) is 5.91 Å². The molecule has 0 saturated carbocycles. The minimum atomic E-state index is 0.178. The Labute approximate surface area is 110 Å². The van der Waals surface area contributed by atoms with E-state index in [9.17, 15) is 4.79 Å². The highest BCUT2D eigenvalue weighted by Gasteiger charge is 2.35. The molecule has 2 fully saturated rings. The van der Waals surface area contributed by atoms with E-state index in [1.807, 2.05) is 0 Å². The summed E-state index contributed by atoms with van der Waals surface area (Å²) in [7, 11) is 2.09. The smallest absolute Gasteiger partial charge is 0.234 e. The third-order valence-electron chi connectivity index (χ3n) is 4.32. The number of carbonyl (C=O) groups is 1. The molecule has 2 atom stereocenters. The summed E-state index contributed by atoms with van der Waals surface area (Å²) in [4.78, 5) is 14.0. The molecule has 0 spiro atoms. The van der Waals surface area contributed by atoms with Crippen LogP contribution < -0.4 is 10.6 Å². The van der Waals surface area contributed by atoms with Gasteiger partial charge in [0.15, 0.2) is 0 Å². The molecule has 4 nitrogen and oxygen atoms in total. The normalized spacial score (nSPS) is 30.7. The average Bonchev–Trinajstić information content (AvgIpc) is 2.68. The molecule has 2 saturated heterocycles. The minimum absolute atomic E-state index is 0.178. The minimum Gasteiger partial charge on any atom is -0.355 e. The van der Waals surface area contributed by atoms with Crippen molar-refractivity contribution < 1.29 is 4.79 Å². The number of hydrogen-bond donors (Lipinski definition) is 2. The lowest BCUT2D eigenvalue weighted by molar-refractivity contribution is -0.122. The summed E-state index contributed by atoms with van der Waals surface area (Å²) >= 11 is 0. The molecule has 0 aliphatic carbocycles. The van der Waals surface area contributed by atoms with Crippen LogP contribution in [0.5, 0.6) is 0 Å². The van der Waals surface area contributed by atoms with Gasteiger partial charge in [0.25, 0.3) is 0 Å². The fraction of sp³-hybridized carbons (Fsp3) is 0.929. The number of nitrogens with zero attached hydrogens (tertiary/aromatic N) is 1. The van der Waals surface area contributed by atoms with Crippen molar-refractivity contribution in [1.82, 2.24) is 15.5 Å². The largest absolute Gasteiger partial charge is 0.355 e. The molecule has 0 aromatic rings. The van der Waals surface area contributed by atoms with Crippen molar-refractivity contribution in [2.75, 3.05) is 20.1 Å². The standard InChI is InChI=1S/C14H27N3O/c1-3-4-7-15-14(18)10-17(2)13-8-11-5-6-12(9-13)16-11/h11-13,16H,3-10H2,1-2H3,(H,15,18). The maximum atomic E-state index is 11.8. The van der Waals surface area contributed by atoms with Crippen molar-refractivity contribution in [2.24, 2.45) is 0 Å². The second-order valence-electron chi connectivity index (χ2n) is 5.88. The highest BCUT2D eigenvalue weighted by Crippen LogP contribution is 2.28. The van der Waals surface area contributed by atoms with Gasteiger partial charge in [-0.25, -0.2) is 0 Å². The summed E-state index contributed by atoms with van der Waals surface area (Å²) in [5.74, 6) is 0.178. The van der Waals surface area contributed by atoms with Crippen molar-refractivity contribution in [3.05, 3.63) is 0 Å². The molecule has 2 unspecified atom stereocenters. The molecule has 2 rings (SSSR count). The second kappa shape index (κ2) is 6.53. The maximum absolute atomic E-state index is 11.8. The summed E-state index contributed by atoms with van der Waals surface area (Å²) in [5, 5.41) is 6.64. The predicted molar refractivity (Wildman–Crippen MR) is 73.5 cm³/mol. The van der Waals surface area contributed by atoms with Crippen LogP contribution in [-0.2, 0) is 4.79 Å². The summed E-state index contributed by atoms with van der Waals surface area (Å²) < 4.78 is 0. The number of nitrogens with one attached hydrogen (secondary N) is 2. The average molecular weight is 253 g/mol. The van der Waals surface area contributed by atoms with Gasteiger partial charge in [-0.15, -0.1) is 0 Å². The van der Waals surface area contributed by atoms with Gasteiger partial charge in [-0.2, -0.15) is 0 Å². The third kappa shape index (κ3) is 3.69. The SMILES string of the molecule is CCCCNC(=O)CN(C)C1CC2CCC(C1)N2. The Kier molecular flexibility index (Phi) is 5.01. The molecular weight excluding hydrogens is 226 g/mol. The first-order valence-corrected chi connectivity index (χ1v) is 7.42. The first-order valence-electron chi connectivity index (χ1n) is 7.42. The lowest BCUT2D eigenvalue weighted by Crippen LogP contribution is -2.49. The Morgan fingerprint density at radius 1 is 1.33 bits per heavy atom. The predicted octanol–water partition coefficient (Wildman–Crippen LogP) is 1.12. The monoisotopic (exact) mass is 253 g/mol. The summed E-state index contributed by atoms with van der Waals surface area (Å²) in [6.07, 6.45) is 7.25. The lowest BCUT2D eigenvalue weighted by Gasteiger charge is -2.35. The van der Waals surface area contributed by atoms with E-state index in [1.165, 1.54) is 25.7 Å². The fourth-order valence-corrected chi connectivity index (χ4v) is 3.20. The number of carbonyl (C=O) groups excluding carboxylic acids is 1. The maximum Gasteiger partial charge on any atom is 0.234 e. The van der Waals surface area contributed by atoms with Crippen LogP contribution in [0.25, 0.3) is 0 Å². The van der Waals surface area contributed by atoms with E-state index < -0.39 is 0 Å². The molecule has 4 heteroatoms. The number of unbranched alkanes of at least 4 members (excludes halogenated alkanes) is 1. The Bertz CT molecular complexity index is 270. The third-order valence-corrected chi connectivity index (χ3v) is 4.32. The van der Waals surface area contributed by atoms with Gasteiger partial charge in [0.1, 0.15) is 0 Å². The Morgan fingerprint density at radius 2 is 2.00 bits per heavy atom. The van der Waals surface area contributed by atoms with E-state index in [1.54, 1.807) is 0 Å². The van der Waals surface area contributed by atoms with Crippen LogP contribution in [0.2, 0.25) is 0 Å². The lowest BCUT2D eigenvalue weighted by atomic mass is 9.98. The number of fused-ring (bicyclic) bond motifs is 2. The van der Waals surface area contributed by atoms with Crippen LogP contribution in [0.1, 0.15) is 45.4 Å². The Morgan fingerprint density at radius 3 is 2.61 bits per heavy atom. The van der Waals surface area contributed by atoms with Crippen molar-refractivity contribution in [1.29, 1.82) is 0 Å². The number of piperidine rings is 1. The molecule has 2 aliphatic heterocycles. The van der Waals surface area contributed by atoms with Crippen LogP contribution >= 0.6 is 0 Å². The zero-order valence-corrected chi connectivity index (χ0v) is 11.7. The van der Waals surface area contributed by atoms with E-state index in [4.69, 9.17) is 0 Å². The zero-order chi connectivity index (χ0) is 13.0. The van der Waals surface area contributed by atoms with Crippen molar-refractivity contribution >= 4 is 5.91 Å². The van der Waals surface area contributed by atoms with Crippen LogP contribution in [0, 0.1) is 0 Å². The molecule has 2 N–H and O–H groups in total. The highest BCUT2D eigenvalue weighted by molar-refractivity contribution is 5.77. The summed E-state index contributed by atoms with van der Waals surface area (Å²) in [6, 6.07) is 1.97. The van der Waals surface area contributed by atoms with Gasteiger partial charge in [-0.3, -0.25) is 9.69 Å². The van der Waals surface area contributed by atoms with Gasteiger partial charge in [0.05, 0.1) is 6.54 Å². The number of amides is 1. The Balaban J connectivity index is 1.70. The number of rotatable bonds is 6. The molecule has 2 heterocycles. The van der Waals surface area contributed by atoms with Crippen LogP contribution in [0.4, 0.5) is 0 Å². The molecule has 0 radical (unpaired) electrons. The van der Waals surface area contributed by atoms with Crippen molar-refractivity contribution in [3.63, 3.8) is 0 Å². The van der Waals surface area contributed by atoms with Gasteiger partial charge in [-0.05, 0) is 39.2 Å². The first kappa shape index (κ1) is 13.8. The van der Waals surface area contributed by atoms with E-state index in [2.05, 4.69) is 29.5 Å². The van der Waals surface area contributed by atoms with E-state index >= 15 is 0 Å². The van der Waals surface area contributed by atoms with Crippen molar-refractivity contribution in [2.45, 2.75) is 63.6 Å². The van der Waals surface area contributed by atoms with Gasteiger partial charge in [-0.1, -0.05) is 13.3 Å². The number of likely N-dealkylation sites (N-methyl/N-ethyl adjacent to an activating group) is 1. The molecule has 18 heavy (non-hydrogen) atoms. The molecular formula is C14H27N3O. The summed E-state index contributed by atoms with van der Waals surface area (Å²) in [6.45, 7) is 3.51. The van der Waals surface area contributed by atoms with Gasteiger partial charge < -0.3 is 10.6 Å². The second-order valence-corrected chi connectivity index (χ2v) is 5.88. The number of hydrogen-bond acceptors (Lipinski definition) is 3. The Hall–Kier alpha value is -0.610. The first-order chi connectivity index (χ1) is 8.69. The molecule has 0 aromatic heterocycles. The fourth-order valence-electron chi connectivity index (χ4n) is 3.20. The van der Waals surface area contributed by atoms with Gasteiger partial charge >= 0.3 is 0 Å². The van der Waals surface area contributed by atoms with Crippen molar-refractivity contribution in [3.8, 4) is 0 Å². The van der Waals surface area contributed by atoms with E-state index in [0.29, 0.717) is 24.7 Å². The van der Waals surface area contributed by atoms with Gasteiger partial charge in [0, 0.05) is 24.7 Å². The van der Waals surface area contributed by atoms with Crippen LogP contribution in [0.3, 0.4) is 0 Å². The molecule has 0 aromatic carbocycles. The molecule has 2 bridgehead atoms. The molecule has 1 amide bonds. The quantitative estimate of drug-likeness (QED) is 0.697. The topological polar surface area (TPSA) is 44.4 Å². The molecule has 2 aliphatic rings. The van der Waals surface area contributed by atoms with Crippen LogP contribution in [-0.4, -0.2) is 49.1 Å². The molecule has 104 valence electrons.